The normalized spacial score (nSPS) is 12.2. The van der Waals surface area contributed by atoms with E-state index in [0.29, 0.717) is 21.7 Å². The molecule has 0 amide bonds. The van der Waals surface area contributed by atoms with Gasteiger partial charge in [0.05, 0.1) is 23.0 Å². The molecule has 0 saturated heterocycles. The summed E-state index contributed by atoms with van der Waals surface area (Å²) in [5, 5.41) is 9.89. The Balaban J connectivity index is 2.05. The van der Waals surface area contributed by atoms with Crippen LogP contribution >= 0.6 is 11.3 Å². The molecule has 0 fully saturated rings. The highest BCUT2D eigenvalue weighted by Crippen LogP contribution is 2.15. The number of halogens is 1. The van der Waals surface area contributed by atoms with E-state index in [1.54, 1.807) is 54.7 Å². The first-order chi connectivity index (χ1) is 16.0. The van der Waals surface area contributed by atoms with Crippen LogP contribution in [-0.2, 0) is 0 Å². The SMILES string of the molecule is COc1cccc(-n2c(=C(C#N)C(=O)c3ccc(F)cc3)sc(=Cc3ccccn3)c2=O)c1. The molecule has 0 aliphatic heterocycles. The number of pyridine rings is 1. The minimum atomic E-state index is -0.611. The lowest BCUT2D eigenvalue weighted by molar-refractivity contribution is 0.105. The van der Waals surface area contributed by atoms with Crippen LogP contribution in [0.2, 0.25) is 0 Å². The molecule has 0 unspecified atom stereocenters. The number of carbonyl (C=O) groups excluding carboxylic acids is 1. The van der Waals surface area contributed by atoms with Gasteiger partial charge in [-0.2, -0.15) is 5.26 Å². The van der Waals surface area contributed by atoms with Gasteiger partial charge in [-0.25, -0.2) is 4.39 Å². The van der Waals surface area contributed by atoms with E-state index in [1.807, 2.05) is 6.07 Å². The second-order valence-electron chi connectivity index (χ2n) is 6.84. The minimum Gasteiger partial charge on any atom is -0.497 e. The number of hydrogen-bond acceptors (Lipinski definition) is 6. The standard InChI is InChI=1S/C25H16FN3O3S/c1-32-20-7-4-6-19(14-20)29-24(31)22(13-18-5-2-3-12-28-18)33-25(29)21(15-27)23(30)16-8-10-17(26)11-9-16/h2-14H,1H3. The number of thiazole rings is 1. The van der Waals surface area contributed by atoms with Crippen molar-refractivity contribution in [1.82, 2.24) is 9.55 Å². The average molecular weight is 457 g/mol. The maximum absolute atomic E-state index is 13.4. The third-order valence-corrected chi connectivity index (χ3v) is 5.85. The Hall–Kier alpha value is -4.35. The minimum absolute atomic E-state index is 0.140. The van der Waals surface area contributed by atoms with E-state index < -0.39 is 17.2 Å². The third kappa shape index (κ3) is 4.49. The largest absolute Gasteiger partial charge is 0.497 e. The molecule has 0 aliphatic rings. The Morgan fingerprint density at radius 2 is 1.94 bits per heavy atom. The first-order valence-corrected chi connectivity index (χ1v) is 10.6. The number of nitriles is 1. The summed E-state index contributed by atoms with van der Waals surface area (Å²) in [5.74, 6) is -0.600. The van der Waals surface area contributed by atoms with Gasteiger partial charge in [0.1, 0.15) is 27.9 Å². The van der Waals surface area contributed by atoms with Gasteiger partial charge in [-0.05, 0) is 54.6 Å². The van der Waals surface area contributed by atoms with Crippen molar-refractivity contribution < 1.29 is 13.9 Å². The van der Waals surface area contributed by atoms with E-state index >= 15 is 0 Å². The maximum Gasteiger partial charge on any atom is 0.273 e. The summed E-state index contributed by atoms with van der Waals surface area (Å²) in [6.45, 7) is 0. The molecule has 0 spiro atoms. The molecule has 0 saturated carbocycles. The summed E-state index contributed by atoms with van der Waals surface area (Å²) in [5.41, 5.74) is 0.497. The van der Waals surface area contributed by atoms with Crippen LogP contribution in [0, 0.1) is 17.1 Å². The van der Waals surface area contributed by atoms with Gasteiger partial charge >= 0.3 is 0 Å². The molecule has 162 valence electrons. The highest BCUT2D eigenvalue weighted by atomic mass is 32.1. The van der Waals surface area contributed by atoms with Crippen LogP contribution in [-0.4, -0.2) is 22.4 Å². The second-order valence-corrected chi connectivity index (χ2v) is 7.87. The molecule has 4 aromatic rings. The molecule has 33 heavy (non-hydrogen) atoms. The first kappa shape index (κ1) is 21.9. The summed E-state index contributed by atoms with van der Waals surface area (Å²) < 4.78 is 20.4. The van der Waals surface area contributed by atoms with Gasteiger partial charge in [-0.3, -0.25) is 19.1 Å². The van der Waals surface area contributed by atoms with Gasteiger partial charge in [0.25, 0.3) is 5.56 Å². The number of rotatable bonds is 5. The molecule has 0 aliphatic carbocycles. The van der Waals surface area contributed by atoms with Crippen molar-refractivity contribution in [2.75, 3.05) is 7.11 Å². The Morgan fingerprint density at radius 3 is 2.61 bits per heavy atom. The second kappa shape index (κ2) is 9.42. The van der Waals surface area contributed by atoms with Crippen molar-refractivity contribution >= 4 is 28.8 Å². The topological polar surface area (TPSA) is 85.0 Å². The highest BCUT2D eigenvalue weighted by Gasteiger charge is 2.19. The predicted molar refractivity (Wildman–Crippen MR) is 123 cm³/mol. The zero-order valence-electron chi connectivity index (χ0n) is 17.4. The van der Waals surface area contributed by atoms with Crippen molar-refractivity contribution in [2.45, 2.75) is 0 Å². The van der Waals surface area contributed by atoms with E-state index in [9.17, 15) is 19.2 Å². The third-order valence-electron chi connectivity index (χ3n) is 4.76. The molecular formula is C25H16FN3O3S. The van der Waals surface area contributed by atoms with Crippen molar-refractivity contribution in [3.8, 4) is 17.5 Å². The number of ketones is 1. The predicted octanol–water partition coefficient (Wildman–Crippen LogP) is 2.83. The van der Waals surface area contributed by atoms with Gasteiger partial charge in [-0.1, -0.05) is 12.1 Å². The fourth-order valence-electron chi connectivity index (χ4n) is 3.17. The smallest absolute Gasteiger partial charge is 0.273 e. The summed E-state index contributed by atoms with van der Waals surface area (Å²) in [6.07, 6.45) is 3.20. The Kier molecular flexibility index (Phi) is 6.24. The number of carbonyl (C=O) groups is 1. The first-order valence-electron chi connectivity index (χ1n) is 9.75. The van der Waals surface area contributed by atoms with Crippen LogP contribution < -0.4 is 19.5 Å². The van der Waals surface area contributed by atoms with E-state index in [2.05, 4.69) is 4.98 Å². The molecule has 4 rings (SSSR count). The molecule has 0 N–H and O–H groups in total. The van der Waals surface area contributed by atoms with Gasteiger partial charge in [-0.15, -0.1) is 11.3 Å². The molecule has 2 heterocycles. The fourth-order valence-corrected chi connectivity index (χ4v) is 4.26. The van der Waals surface area contributed by atoms with Crippen LogP contribution in [0.25, 0.3) is 17.3 Å². The monoisotopic (exact) mass is 457 g/mol. The lowest BCUT2D eigenvalue weighted by Crippen LogP contribution is -2.31. The van der Waals surface area contributed by atoms with Crippen molar-refractivity contribution in [3.63, 3.8) is 0 Å². The number of nitrogens with zero attached hydrogens (tertiary/aromatic N) is 3. The maximum atomic E-state index is 13.4. The zero-order chi connectivity index (χ0) is 23.4. The number of hydrogen-bond donors (Lipinski definition) is 0. The van der Waals surface area contributed by atoms with Gasteiger partial charge < -0.3 is 4.74 Å². The Morgan fingerprint density at radius 1 is 1.15 bits per heavy atom. The summed E-state index contributed by atoms with van der Waals surface area (Å²) >= 11 is 1.01. The quantitative estimate of drug-likeness (QED) is 0.430. The van der Waals surface area contributed by atoms with E-state index in [1.165, 1.54) is 23.8 Å². The molecule has 0 radical (unpaired) electrons. The molecule has 0 bridgehead atoms. The number of aromatic nitrogens is 2. The van der Waals surface area contributed by atoms with E-state index in [0.717, 1.165) is 23.5 Å². The number of Topliss-reactive ketones (excluding diaryl/α,β-unsaturated/α-hetero) is 1. The summed E-state index contributed by atoms with van der Waals surface area (Å²) in [4.78, 5) is 30.8. The average Bonchev–Trinajstić information content (AvgIpc) is 3.16. The molecule has 2 aromatic carbocycles. The van der Waals surface area contributed by atoms with E-state index in [4.69, 9.17) is 4.74 Å². The molecular weight excluding hydrogens is 441 g/mol. The van der Waals surface area contributed by atoms with E-state index in [-0.39, 0.29) is 15.8 Å². The molecule has 6 nitrogen and oxygen atoms in total. The summed E-state index contributed by atoms with van der Waals surface area (Å²) in [7, 11) is 1.50. The Bertz CT molecular complexity index is 1550. The van der Waals surface area contributed by atoms with Crippen LogP contribution in [0.5, 0.6) is 5.75 Å². The van der Waals surface area contributed by atoms with Crippen molar-refractivity contribution in [2.24, 2.45) is 0 Å². The summed E-state index contributed by atoms with van der Waals surface area (Å²) in [6, 6.07) is 18.9. The molecule has 0 atom stereocenters. The zero-order valence-corrected chi connectivity index (χ0v) is 18.2. The number of ether oxygens (including phenoxy) is 1. The van der Waals surface area contributed by atoms with Gasteiger partial charge in [0.15, 0.2) is 0 Å². The lowest BCUT2D eigenvalue weighted by Gasteiger charge is -2.06. The highest BCUT2D eigenvalue weighted by molar-refractivity contribution is 7.07. The van der Waals surface area contributed by atoms with Gasteiger partial charge in [0, 0.05) is 17.8 Å². The number of benzene rings is 2. The van der Waals surface area contributed by atoms with Crippen LogP contribution in [0.15, 0.2) is 77.7 Å². The fraction of sp³-hybridized carbons (Fsp3) is 0.0400. The number of methoxy groups -OCH3 is 1. The van der Waals surface area contributed by atoms with Crippen LogP contribution in [0.3, 0.4) is 0 Å². The van der Waals surface area contributed by atoms with Gasteiger partial charge in [0.2, 0.25) is 5.78 Å². The van der Waals surface area contributed by atoms with Crippen LogP contribution in [0.4, 0.5) is 4.39 Å². The van der Waals surface area contributed by atoms with Crippen molar-refractivity contribution in [1.29, 1.82) is 5.26 Å². The molecule has 8 heteroatoms. The van der Waals surface area contributed by atoms with Crippen molar-refractivity contribution in [3.05, 3.63) is 110 Å². The molecule has 2 aromatic heterocycles. The lowest BCUT2D eigenvalue weighted by atomic mass is 10.1. The Labute approximate surface area is 191 Å². The van der Waals surface area contributed by atoms with Crippen LogP contribution in [0.1, 0.15) is 16.1 Å².